The average molecular weight is 388 g/mol. The van der Waals surface area contributed by atoms with E-state index in [1.54, 1.807) is 0 Å². The summed E-state index contributed by atoms with van der Waals surface area (Å²) in [5.74, 6) is 0.834. The third kappa shape index (κ3) is 3.34. The van der Waals surface area contributed by atoms with Gasteiger partial charge in [0.25, 0.3) is 5.91 Å². The zero-order valence-electron chi connectivity index (χ0n) is 14.4. The molecule has 3 rings (SSSR count). The van der Waals surface area contributed by atoms with E-state index < -0.39 is 0 Å². The Morgan fingerprint density at radius 2 is 1.88 bits per heavy atom. The number of carbonyl (C=O) groups is 1. The minimum Gasteiger partial charge on any atom is -0.483 e. The van der Waals surface area contributed by atoms with Crippen molar-refractivity contribution in [3.8, 4) is 5.75 Å². The molecule has 3 nitrogen and oxygen atoms in total. The van der Waals surface area contributed by atoms with Crippen LogP contribution < -0.4 is 4.74 Å². The first-order valence-corrected chi connectivity index (χ1v) is 9.00. The number of aryl methyl sites for hydroxylation is 1. The Hall–Kier alpha value is -1.81. The Bertz CT molecular complexity index is 785. The Balaban J connectivity index is 1.67. The predicted molar refractivity (Wildman–Crippen MR) is 99.4 cm³/mol. The van der Waals surface area contributed by atoms with Crippen LogP contribution in [0.2, 0.25) is 0 Å². The van der Waals surface area contributed by atoms with Gasteiger partial charge in [-0.2, -0.15) is 0 Å². The standard InChI is InChI=1S/C20H22BrNO2/c1-13-10-18(14(2)15(3)20(13)21)24-12-19(23)22-9-8-16-6-4-5-7-17(16)11-22/h4-7,10H,8-9,11-12H2,1-3H3. The smallest absolute Gasteiger partial charge is 0.260 e. The summed E-state index contributed by atoms with van der Waals surface area (Å²) in [4.78, 5) is 14.4. The number of hydrogen-bond acceptors (Lipinski definition) is 2. The molecule has 0 saturated heterocycles. The summed E-state index contributed by atoms with van der Waals surface area (Å²) in [5.41, 5.74) is 5.93. The Morgan fingerprint density at radius 1 is 1.17 bits per heavy atom. The number of carbonyl (C=O) groups excluding carboxylic acids is 1. The predicted octanol–water partition coefficient (Wildman–Crippen LogP) is 4.34. The molecule has 1 aliphatic heterocycles. The summed E-state index contributed by atoms with van der Waals surface area (Å²) in [6.45, 7) is 7.64. The van der Waals surface area contributed by atoms with Crippen LogP contribution in [0, 0.1) is 20.8 Å². The van der Waals surface area contributed by atoms with Crippen molar-refractivity contribution < 1.29 is 9.53 Å². The fourth-order valence-electron chi connectivity index (χ4n) is 3.10. The molecule has 0 atom stereocenters. The van der Waals surface area contributed by atoms with Gasteiger partial charge >= 0.3 is 0 Å². The van der Waals surface area contributed by atoms with E-state index >= 15 is 0 Å². The van der Waals surface area contributed by atoms with E-state index in [1.807, 2.05) is 30.9 Å². The molecule has 126 valence electrons. The molecule has 1 heterocycles. The van der Waals surface area contributed by atoms with Gasteiger partial charge in [-0.05, 0) is 61.1 Å². The zero-order valence-corrected chi connectivity index (χ0v) is 15.9. The van der Waals surface area contributed by atoms with Crippen molar-refractivity contribution in [2.24, 2.45) is 0 Å². The van der Waals surface area contributed by atoms with Crippen LogP contribution in [-0.4, -0.2) is 24.0 Å². The van der Waals surface area contributed by atoms with Gasteiger partial charge in [-0.1, -0.05) is 40.2 Å². The lowest BCUT2D eigenvalue weighted by atomic mass is 10.00. The quantitative estimate of drug-likeness (QED) is 0.783. The van der Waals surface area contributed by atoms with Crippen molar-refractivity contribution in [3.63, 3.8) is 0 Å². The molecule has 2 aromatic rings. The highest BCUT2D eigenvalue weighted by Gasteiger charge is 2.21. The third-order valence-corrected chi connectivity index (χ3v) is 6.01. The van der Waals surface area contributed by atoms with Gasteiger partial charge in [-0.15, -0.1) is 0 Å². The number of ether oxygens (including phenoxy) is 1. The van der Waals surface area contributed by atoms with Gasteiger partial charge in [0.1, 0.15) is 5.75 Å². The van der Waals surface area contributed by atoms with Crippen LogP contribution in [0.5, 0.6) is 5.75 Å². The molecule has 0 saturated carbocycles. The highest BCUT2D eigenvalue weighted by molar-refractivity contribution is 9.10. The van der Waals surface area contributed by atoms with Crippen LogP contribution >= 0.6 is 15.9 Å². The summed E-state index contributed by atoms with van der Waals surface area (Å²) >= 11 is 3.59. The fraction of sp³-hybridized carbons (Fsp3) is 0.350. The molecule has 0 N–H and O–H groups in total. The van der Waals surface area contributed by atoms with Crippen LogP contribution in [-0.2, 0) is 17.8 Å². The van der Waals surface area contributed by atoms with E-state index in [4.69, 9.17) is 4.74 Å². The molecular weight excluding hydrogens is 366 g/mol. The van der Waals surface area contributed by atoms with Gasteiger partial charge in [0.05, 0.1) is 0 Å². The van der Waals surface area contributed by atoms with E-state index in [-0.39, 0.29) is 12.5 Å². The first kappa shape index (κ1) is 17.0. The number of fused-ring (bicyclic) bond motifs is 1. The van der Waals surface area contributed by atoms with Crippen molar-refractivity contribution in [2.45, 2.75) is 33.7 Å². The minimum absolute atomic E-state index is 0.0436. The van der Waals surface area contributed by atoms with Crippen LogP contribution in [0.1, 0.15) is 27.8 Å². The lowest BCUT2D eigenvalue weighted by molar-refractivity contribution is -0.134. The molecule has 0 aromatic heterocycles. The molecule has 2 aromatic carbocycles. The van der Waals surface area contributed by atoms with Crippen molar-refractivity contribution in [1.82, 2.24) is 4.90 Å². The second-order valence-corrected chi connectivity index (χ2v) is 7.17. The minimum atomic E-state index is 0.0436. The molecule has 0 spiro atoms. The highest BCUT2D eigenvalue weighted by atomic mass is 79.9. The molecule has 0 unspecified atom stereocenters. The van der Waals surface area contributed by atoms with Crippen LogP contribution in [0.4, 0.5) is 0 Å². The molecule has 0 bridgehead atoms. The molecule has 4 heteroatoms. The number of nitrogens with zero attached hydrogens (tertiary/aromatic N) is 1. The molecular formula is C20H22BrNO2. The maximum atomic E-state index is 12.5. The first-order valence-electron chi connectivity index (χ1n) is 8.21. The Kier molecular flexibility index (Phi) is 4.95. The van der Waals surface area contributed by atoms with E-state index in [1.165, 1.54) is 11.1 Å². The first-order chi connectivity index (χ1) is 11.5. The zero-order chi connectivity index (χ0) is 17.3. The Morgan fingerprint density at radius 3 is 2.62 bits per heavy atom. The summed E-state index contributed by atoms with van der Waals surface area (Å²) in [6.07, 6.45) is 0.914. The maximum Gasteiger partial charge on any atom is 0.260 e. The van der Waals surface area contributed by atoms with Crippen LogP contribution in [0.3, 0.4) is 0 Å². The molecule has 1 amide bonds. The largest absolute Gasteiger partial charge is 0.483 e. The second kappa shape index (κ2) is 6.98. The lowest BCUT2D eigenvalue weighted by Crippen LogP contribution is -2.38. The molecule has 0 fully saturated rings. The monoisotopic (exact) mass is 387 g/mol. The van der Waals surface area contributed by atoms with Gasteiger partial charge in [0, 0.05) is 17.6 Å². The maximum absolute atomic E-state index is 12.5. The molecule has 1 aliphatic rings. The number of benzene rings is 2. The highest BCUT2D eigenvalue weighted by Crippen LogP contribution is 2.31. The summed E-state index contributed by atoms with van der Waals surface area (Å²) in [5, 5.41) is 0. The molecule has 0 aliphatic carbocycles. The van der Waals surface area contributed by atoms with Gasteiger partial charge in [0.15, 0.2) is 6.61 Å². The molecule has 0 radical (unpaired) electrons. The van der Waals surface area contributed by atoms with Gasteiger partial charge in [-0.25, -0.2) is 0 Å². The molecule has 24 heavy (non-hydrogen) atoms. The third-order valence-electron chi connectivity index (χ3n) is 4.79. The summed E-state index contributed by atoms with van der Waals surface area (Å²) in [6, 6.07) is 10.3. The van der Waals surface area contributed by atoms with Crippen molar-refractivity contribution >= 4 is 21.8 Å². The van der Waals surface area contributed by atoms with Gasteiger partial charge in [-0.3, -0.25) is 4.79 Å². The fourth-order valence-corrected chi connectivity index (χ4v) is 3.51. The topological polar surface area (TPSA) is 29.5 Å². The van der Waals surface area contributed by atoms with Crippen LogP contribution in [0.25, 0.3) is 0 Å². The average Bonchev–Trinajstić information content (AvgIpc) is 2.61. The van der Waals surface area contributed by atoms with E-state index in [0.29, 0.717) is 6.54 Å². The number of hydrogen-bond donors (Lipinski definition) is 0. The number of amides is 1. The lowest BCUT2D eigenvalue weighted by Gasteiger charge is -2.29. The summed E-state index contributed by atoms with van der Waals surface area (Å²) in [7, 11) is 0. The van der Waals surface area contributed by atoms with Crippen molar-refractivity contribution in [1.29, 1.82) is 0 Å². The van der Waals surface area contributed by atoms with E-state index in [2.05, 4.69) is 41.1 Å². The van der Waals surface area contributed by atoms with Crippen molar-refractivity contribution in [2.75, 3.05) is 13.2 Å². The Labute approximate surface area is 151 Å². The number of rotatable bonds is 3. The van der Waals surface area contributed by atoms with Gasteiger partial charge in [0.2, 0.25) is 0 Å². The normalized spacial score (nSPS) is 13.6. The second-order valence-electron chi connectivity index (χ2n) is 6.38. The van der Waals surface area contributed by atoms with E-state index in [0.717, 1.165) is 39.9 Å². The van der Waals surface area contributed by atoms with Gasteiger partial charge < -0.3 is 9.64 Å². The van der Waals surface area contributed by atoms with E-state index in [9.17, 15) is 4.79 Å². The van der Waals surface area contributed by atoms with Crippen molar-refractivity contribution in [3.05, 3.63) is 62.6 Å². The summed E-state index contributed by atoms with van der Waals surface area (Å²) < 4.78 is 6.95. The SMILES string of the molecule is Cc1cc(OCC(=O)N2CCc3ccccc3C2)c(C)c(C)c1Br. The number of halogens is 1. The van der Waals surface area contributed by atoms with Crippen LogP contribution in [0.15, 0.2) is 34.8 Å².